The molecular formula is C15H15N5OS2. The first-order chi connectivity index (χ1) is 11.3. The van der Waals surface area contributed by atoms with Gasteiger partial charge in [0, 0.05) is 18.1 Å². The third-order valence-electron chi connectivity index (χ3n) is 3.09. The topological polar surface area (TPSA) is 65.7 Å². The van der Waals surface area contributed by atoms with Gasteiger partial charge in [-0.1, -0.05) is 23.5 Å². The Hall–Kier alpha value is -2.06. The number of nitrogens with zero attached hydrogens (tertiary/aromatic N) is 5. The lowest BCUT2D eigenvalue weighted by Crippen LogP contribution is -2.02. The van der Waals surface area contributed by atoms with Gasteiger partial charge in [-0.2, -0.15) is 0 Å². The Morgan fingerprint density at radius 3 is 2.48 bits per heavy atom. The highest BCUT2D eigenvalue weighted by Crippen LogP contribution is 2.25. The summed E-state index contributed by atoms with van der Waals surface area (Å²) in [5.41, 5.74) is 1.00. The standard InChI is InChI=1S/C15H15N5OS2/c1-21-12-6-4-11(5-7-12)20-13(18-19-15(20)22-2)10-23-14-16-8-3-9-17-14/h3-9H,10H2,1-2H3. The molecule has 0 saturated carbocycles. The van der Waals surface area contributed by atoms with Gasteiger partial charge >= 0.3 is 0 Å². The van der Waals surface area contributed by atoms with Crippen molar-refractivity contribution in [1.29, 1.82) is 0 Å². The van der Waals surface area contributed by atoms with Gasteiger partial charge in [-0.15, -0.1) is 10.2 Å². The summed E-state index contributed by atoms with van der Waals surface area (Å²) in [4.78, 5) is 8.44. The monoisotopic (exact) mass is 345 g/mol. The van der Waals surface area contributed by atoms with Gasteiger partial charge in [-0.3, -0.25) is 4.57 Å². The summed E-state index contributed by atoms with van der Waals surface area (Å²) >= 11 is 3.09. The number of ether oxygens (including phenoxy) is 1. The van der Waals surface area contributed by atoms with Gasteiger partial charge in [0.1, 0.15) is 11.6 Å². The zero-order chi connectivity index (χ0) is 16.1. The van der Waals surface area contributed by atoms with Gasteiger partial charge in [0.25, 0.3) is 0 Å². The van der Waals surface area contributed by atoms with Crippen molar-refractivity contribution in [2.24, 2.45) is 0 Å². The largest absolute Gasteiger partial charge is 0.497 e. The molecule has 0 amide bonds. The fourth-order valence-corrected chi connectivity index (χ4v) is 3.24. The highest BCUT2D eigenvalue weighted by molar-refractivity contribution is 7.98. The highest BCUT2D eigenvalue weighted by atomic mass is 32.2. The van der Waals surface area contributed by atoms with Crippen molar-refractivity contribution >= 4 is 23.5 Å². The van der Waals surface area contributed by atoms with Gasteiger partial charge in [0.15, 0.2) is 10.3 Å². The van der Waals surface area contributed by atoms with Gasteiger partial charge in [0.05, 0.1) is 12.9 Å². The van der Waals surface area contributed by atoms with Crippen molar-refractivity contribution < 1.29 is 4.74 Å². The summed E-state index contributed by atoms with van der Waals surface area (Å²) in [5, 5.41) is 10.1. The van der Waals surface area contributed by atoms with E-state index in [-0.39, 0.29) is 0 Å². The lowest BCUT2D eigenvalue weighted by molar-refractivity contribution is 0.414. The quantitative estimate of drug-likeness (QED) is 0.502. The Morgan fingerprint density at radius 2 is 1.83 bits per heavy atom. The molecule has 0 unspecified atom stereocenters. The Morgan fingerprint density at radius 1 is 1.09 bits per heavy atom. The SMILES string of the molecule is COc1ccc(-n2c(CSc3ncccn3)nnc2SC)cc1. The number of aromatic nitrogens is 5. The van der Waals surface area contributed by atoms with E-state index in [2.05, 4.69) is 20.2 Å². The molecule has 0 aliphatic heterocycles. The lowest BCUT2D eigenvalue weighted by atomic mass is 10.3. The fraction of sp³-hybridized carbons (Fsp3) is 0.200. The second-order valence-corrected chi connectivity index (χ2v) is 6.17. The molecule has 6 nitrogen and oxygen atoms in total. The molecule has 118 valence electrons. The maximum absolute atomic E-state index is 5.21. The van der Waals surface area contributed by atoms with Crippen LogP contribution in [0, 0.1) is 0 Å². The third-order valence-corrected chi connectivity index (χ3v) is 4.59. The van der Waals surface area contributed by atoms with Crippen LogP contribution in [-0.2, 0) is 5.75 Å². The van der Waals surface area contributed by atoms with Gasteiger partial charge < -0.3 is 4.74 Å². The van der Waals surface area contributed by atoms with E-state index < -0.39 is 0 Å². The van der Waals surface area contributed by atoms with Crippen LogP contribution in [0.4, 0.5) is 0 Å². The summed E-state index contributed by atoms with van der Waals surface area (Å²) in [7, 11) is 1.66. The predicted molar refractivity (Wildman–Crippen MR) is 91.3 cm³/mol. The van der Waals surface area contributed by atoms with Crippen LogP contribution >= 0.6 is 23.5 Å². The average molecular weight is 345 g/mol. The van der Waals surface area contributed by atoms with Crippen molar-refractivity contribution in [3.63, 3.8) is 0 Å². The molecule has 3 rings (SSSR count). The molecule has 0 N–H and O–H groups in total. The number of benzene rings is 1. The summed E-state index contributed by atoms with van der Waals surface area (Å²) in [6, 6.07) is 9.65. The number of hydrogen-bond acceptors (Lipinski definition) is 7. The molecule has 0 atom stereocenters. The first-order valence-corrected chi connectivity index (χ1v) is 9.05. The highest BCUT2D eigenvalue weighted by Gasteiger charge is 2.14. The molecule has 0 fully saturated rings. The first-order valence-electron chi connectivity index (χ1n) is 6.84. The molecule has 0 radical (unpaired) electrons. The van der Waals surface area contributed by atoms with Crippen molar-refractivity contribution in [3.8, 4) is 11.4 Å². The number of methoxy groups -OCH3 is 1. The first kappa shape index (κ1) is 15.8. The van der Waals surface area contributed by atoms with Crippen molar-refractivity contribution in [1.82, 2.24) is 24.7 Å². The molecule has 0 aliphatic carbocycles. The Bertz CT molecular complexity index is 761. The van der Waals surface area contributed by atoms with E-state index in [0.717, 1.165) is 27.6 Å². The van der Waals surface area contributed by atoms with E-state index in [0.29, 0.717) is 5.75 Å². The van der Waals surface area contributed by atoms with Crippen molar-refractivity contribution in [3.05, 3.63) is 48.5 Å². The Balaban J connectivity index is 1.87. The van der Waals surface area contributed by atoms with E-state index in [1.54, 1.807) is 37.3 Å². The fourth-order valence-electron chi connectivity index (χ4n) is 2.01. The summed E-state index contributed by atoms with van der Waals surface area (Å²) in [6.45, 7) is 0. The molecule has 2 heterocycles. The summed E-state index contributed by atoms with van der Waals surface area (Å²) in [5.74, 6) is 2.32. The Labute approximate surface area is 142 Å². The normalized spacial score (nSPS) is 10.7. The van der Waals surface area contributed by atoms with Crippen LogP contribution in [0.5, 0.6) is 5.75 Å². The molecule has 1 aromatic carbocycles. The second kappa shape index (κ2) is 7.47. The third kappa shape index (κ3) is 3.65. The van der Waals surface area contributed by atoms with E-state index in [4.69, 9.17) is 4.74 Å². The van der Waals surface area contributed by atoms with Crippen LogP contribution < -0.4 is 4.74 Å². The van der Waals surface area contributed by atoms with Crippen LogP contribution in [0.3, 0.4) is 0 Å². The minimum Gasteiger partial charge on any atom is -0.497 e. The van der Waals surface area contributed by atoms with Crippen molar-refractivity contribution in [2.45, 2.75) is 16.1 Å². The maximum Gasteiger partial charge on any atom is 0.195 e. The van der Waals surface area contributed by atoms with Gasteiger partial charge in [-0.05, 0) is 36.6 Å². The van der Waals surface area contributed by atoms with Crippen LogP contribution in [0.1, 0.15) is 5.82 Å². The van der Waals surface area contributed by atoms with E-state index in [1.165, 1.54) is 11.8 Å². The average Bonchev–Trinajstić information content (AvgIpc) is 3.04. The van der Waals surface area contributed by atoms with E-state index in [9.17, 15) is 0 Å². The number of rotatable bonds is 6. The molecule has 0 saturated heterocycles. The summed E-state index contributed by atoms with van der Waals surface area (Å²) < 4.78 is 7.25. The molecular weight excluding hydrogens is 330 g/mol. The lowest BCUT2D eigenvalue weighted by Gasteiger charge is -2.09. The van der Waals surface area contributed by atoms with Gasteiger partial charge in [0.2, 0.25) is 0 Å². The minimum absolute atomic E-state index is 0.642. The van der Waals surface area contributed by atoms with Crippen molar-refractivity contribution in [2.75, 3.05) is 13.4 Å². The molecule has 23 heavy (non-hydrogen) atoms. The van der Waals surface area contributed by atoms with Crippen LogP contribution in [0.2, 0.25) is 0 Å². The maximum atomic E-state index is 5.21. The number of hydrogen-bond donors (Lipinski definition) is 0. The zero-order valence-corrected chi connectivity index (χ0v) is 14.3. The molecule has 2 aromatic heterocycles. The van der Waals surface area contributed by atoms with Crippen LogP contribution in [0.15, 0.2) is 53.0 Å². The molecule has 8 heteroatoms. The van der Waals surface area contributed by atoms with E-state index >= 15 is 0 Å². The summed E-state index contributed by atoms with van der Waals surface area (Å²) in [6.07, 6.45) is 5.45. The molecule has 3 aromatic rings. The Kier molecular flexibility index (Phi) is 5.14. The molecule has 0 bridgehead atoms. The van der Waals surface area contributed by atoms with Gasteiger partial charge in [-0.25, -0.2) is 9.97 Å². The molecule has 0 spiro atoms. The van der Waals surface area contributed by atoms with Crippen LogP contribution in [-0.4, -0.2) is 38.1 Å². The molecule has 0 aliphatic rings. The zero-order valence-electron chi connectivity index (χ0n) is 12.7. The minimum atomic E-state index is 0.642. The smallest absolute Gasteiger partial charge is 0.195 e. The predicted octanol–water partition coefficient (Wildman–Crippen LogP) is 3.08. The van der Waals surface area contributed by atoms with Crippen LogP contribution in [0.25, 0.3) is 5.69 Å². The number of thioether (sulfide) groups is 2. The van der Waals surface area contributed by atoms with E-state index in [1.807, 2.05) is 35.1 Å². The second-order valence-electron chi connectivity index (χ2n) is 4.46.